The zero-order valence-electron chi connectivity index (χ0n) is 9.76. The number of hydrogen-bond acceptors (Lipinski definition) is 4. The third-order valence-corrected chi connectivity index (χ3v) is 4.07. The monoisotopic (exact) mass is 264 g/mol. The molecule has 8 heteroatoms. The lowest BCUT2D eigenvalue weighted by Crippen LogP contribution is -2.44. The average Bonchev–Trinajstić information content (AvgIpc) is 2.93. The van der Waals surface area contributed by atoms with Gasteiger partial charge in [0.15, 0.2) is 0 Å². The second kappa shape index (κ2) is 4.61. The number of amides is 1. The van der Waals surface area contributed by atoms with Crippen molar-refractivity contribution in [2.75, 3.05) is 19.8 Å². The van der Waals surface area contributed by atoms with Crippen molar-refractivity contribution in [3.05, 3.63) is 0 Å². The van der Waals surface area contributed by atoms with E-state index in [1.807, 2.05) is 0 Å². The lowest BCUT2D eigenvalue weighted by atomic mass is 10.2. The quantitative estimate of drug-likeness (QED) is 0.640. The number of rotatable bonds is 6. The highest BCUT2D eigenvalue weighted by Crippen LogP contribution is 2.35. The number of sulfonamides is 1. The molecule has 17 heavy (non-hydrogen) atoms. The summed E-state index contributed by atoms with van der Waals surface area (Å²) in [5, 5.41) is 11.3. The van der Waals surface area contributed by atoms with E-state index in [0.29, 0.717) is 12.8 Å². The number of aliphatic carboxylic acids is 1. The van der Waals surface area contributed by atoms with Gasteiger partial charge in [-0.15, -0.1) is 0 Å². The standard InChI is InChI=1S/C9H16N2O5S/c1-11(17(2,15)16)6-3-7(12)10-9(4-5-9)8(13)14/h3-6H2,1-2H3,(H,10,12)(H,13,14). The van der Waals surface area contributed by atoms with Gasteiger partial charge in [-0.2, -0.15) is 0 Å². The van der Waals surface area contributed by atoms with E-state index in [9.17, 15) is 18.0 Å². The second-order valence-electron chi connectivity index (χ2n) is 4.27. The first-order chi connectivity index (χ1) is 7.67. The highest BCUT2D eigenvalue weighted by atomic mass is 32.2. The normalized spacial score (nSPS) is 17.8. The fourth-order valence-electron chi connectivity index (χ4n) is 1.27. The van der Waals surface area contributed by atoms with Crippen LogP contribution in [0.4, 0.5) is 0 Å². The largest absolute Gasteiger partial charge is 0.480 e. The number of carboxylic acids is 1. The molecule has 7 nitrogen and oxygen atoms in total. The van der Waals surface area contributed by atoms with E-state index >= 15 is 0 Å². The maximum absolute atomic E-state index is 11.4. The van der Waals surface area contributed by atoms with Gasteiger partial charge >= 0.3 is 5.97 Å². The van der Waals surface area contributed by atoms with Gasteiger partial charge in [-0.05, 0) is 12.8 Å². The van der Waals surface area contributed by atoms with Gasteiger partial charge in [-0.3, -0.25) is 4.79 Å². The number of carbonyl (C=O) groups is 2. The maximum Gasteiger partial charge on any atom is 0.329 e. The summed E-state index contributed by atoms with van der Waals surface area (Å²) in [6, 6.07) is 0. The fraction of sp³-hybridized carbons (Fsp3) is 0.778. The van der Waals surface area contributed by atoms with E-state index in [1.165, 1.54) is 7.05 Å². The molecule has 0 heterocycles. The Balaban J connectivity index is 2.39. The van der Waals surface area contributed by atoms with Crippen LogP contribution in [0.3, 0.4) is 0 Å². The first kappa shape index (κ1) is 13.9. The van der Waals surface area contributed by atoms with Crippen LogP contribution < -0.4 is 5.32 Å². The summed E-state index contributed by atoms with van der Waals surface area (Å²) in [5.41, 5.74) is -1.11. The van der Waals surface area contributed by atoms with Gasteiger partial charge in [-0.25, -0.2) is 17.5 Å². The Morgan fingerprint density at radius 2 is 1.94 bits per heavy atom. The molecule has 0 aliphatic heterocycles. The maximum atomic E-state index is 11.4. The first-order valence-corrected chi connectivity index (χ1v) is 6.98. The van der Waals surface area contributed by atoms with Gasteiger partial charge in [0, 0.05) is 20.0 Å². The Hall–Kier alpha value is -1.15. The van der Waals surface area contributed by atoms with E-state index in [2.05, 4.69) is 5.32 Å². The van der Waals surface area contributed by atoms with Crippen LogP contribution in [0.5, 0.6) is 0 Å². The van der Waals surface area contributed by atoms with Gasteiger partial charge in [0.1, 0.15) is 5.54 Å². The molecule has 1 aliphatic carbocycles. The Labute approximate surface area is 99.8 Å². The van der Waals surface area contributed by atoms with E-state index in [0.717, 1.165) is 10.6 Å². The molecular weight excluding hydrogens is 248 g/mol. The van der Waals surface area contributed by atoms with Gasteiger partial charge in [0.25, 0.3) is 0 Å². The molecular formula is C9H16N2O5S. The van der Waals surface area contributed by atoms with Crippen molar-refractivity contribution >= 4 is 21.9 Å². The Morgan fingerprint density at radius 1 is 1.41 bits per heavy atom. The van der Waals surface area contributed by atoms with Crippen LogP contribution in [-0.2, 0) is 19.6 Å². The van der Waals surface area contributed by atoms with Gasteiger partial charge in [-0.1, -0.05) is 0 Å². The molecule has 1 saturated carbocycles. The van der Waals surface area contributed by atoms with Crippen molar-refractivity contribution < 1.29 is 23.1 Å². The van der Waals surface area contributed by atoms with E-state index in [-0.39, 0.29) is 13.0 Å². The molecule has 1 fully saturated rings. The summed E-state index contributed by atoms with van der Waals surface area (Å²) >= 11 is 0. The van der Waals surface area contributed by atoms with Crippen molar-refractivity contribution in [3.8, 4) is 0 Å². The molecule has 2 N–H and O–H groups in total. The SMILES string of the molecule is CN(CCC(=O)NC1(C(=O)O)CC1)S(C)(=O)=O. The molecule has 1 aliphatic rings. The zero-order chi connectivity index (χ0) is 13.3. The van der Waals surface area contributed by atoms with Crippen LogP contribution >= 0.6 is 0 Å². The van der Waals surface area contributed by atoms with Crippen LogP contribution in [-0.4, -0.2) is 55.1 Å². The molecule has 0 aromatic carbocycles. The molecule has 0 aromatic rings. The van der Waals surface area contributed by atoms with Crippen LogP contribution in [0.25, 0.3) is 0 Å². The van der Waals surface area contributed by atoms with Gasteiger partial charge in [0.05, 0.1) is 6.26 Å². The van der Waals surface area contributed by atoms with Gasteiger partial charge in [0.2, 0.25) is 15.9 Å². The Kier molecular flexibility index (Phi) is 3.78. The van der Waals surface area contributed by atoms with Crippen LogP contribution in [0.15, 0.2) is 0 Å². The van der Waals surface area contributed by atoms with E-state index in [1.54, 1.807) is 0 Å². The van der Waals surface area contributed by atoms with Crippen LogP contribution in [0.2, 0.25) is 0 Å². The molecule has 0 atom stereocenters. The lowest BCUT2D eigenvalue weighted by Gasteiger charge is -2.15. The summed E-state index contributed by atoms with van der Waals surface area (Å²) in [7, 11) is -1.94. The van der Waals surface area contributed by atoms with Crippen molar-refractivity contribution in [1.82, 2.24) is 9.62 Å². The average molecular weight is 264 g/mol. The lowest BCUT2D eigenvalue weighted by molar-refractivity contribution is -0.143. The molecule has 0 aromatic heterocycles. The van der Waals surface area contributed by atoms with E-state index in [4.69, 9.17) is 5.11 Å². The minimum atomic E-state index is -3.31. The predicted molar refractivity (Wildman–Crippen MR) is 59.8 cm³/mol. The van der Waals surface area contributed by atoms with Crippen LogP contribution in [0.1, 0.15) is 19.3 Å². The van der Waals surface area contributed by atoms with E-state index < -0.39 is 27.4 Å². The van der Waals surface area contributed by atoms with Crippen molar-refractivity contribution in [1.29, 1.82) is 0 Å². The first-order valence-electron chi connectivity index (χ1n) is 5.13. The zero-order valence-corrected chi connectivity index (χ0v) is 10.6. The third kappa shape index (κ3) is 3.67. The fourth-order valence-corrected chi connectivity index (χ4v) is 1.69. The van der Waals surface area contributed by atoms with Gasteiger partial charge < -0.3 is 10.4 Å². The summed E-state index contributed by atoms with van der Waals surface area (Å²) in [5.74, 6) is -1.48. The number of carbonyl (C=O) groups excluding carboxylic acids is 1. The second-order valence-corrected chi connectivity index (χ2v) is 6.36. The molecule has 1 amide bonds. The van der Waals surface area contributed by atoms with Crippen molar-refractivity contribution in [2.24, 2.45) is 0 Å². The Morgan fingerprint density at radius 3 is 2.29 bits per heavy atom. The molecule has 1 rings (SSSR count). The summed E-state index contributed by atoms with van der Waals surface area (Å²) in [6.07, 6.45) is 1.86. The third-order valence-electron chi connectivity index (χ3n) is 2.76. The minimum Gasteiger partial charge on any atom is -0.480 e. The molecule has 98 valence electrons. The predicted octanol–water partition coefficient (Wildman–Crippen LogP) is -0.999. The van der Waals surface area contributed by atoms with Crippen molar-refractivity contribution in [3.63, 3.8) is 0 Å². The topological polar surface area (TPSA) is 104 Å². The van der Waals surface area contributed by atoms with Crippen molar-refractivity contribution in [2.45, 2.75) is 24.8 Å². The van der Waals surface area contributed by atoms with Crippen LogP contribution in [0, 0.1) is 0 Å². The molecule has 0 bridgehead atoms. The smallest absolute Gasteiger partial charge is 0.329 e. The summed E-state index contributed by atoms with van der Waals surface area (Å²) in [6.45, 7) is 0.0420. The number of nitrogens with zero attached hydrogens (tertiary/aromatic N) is 1. The minimum absolute atomic E-state index is 0.0420. The Bertz CT molecular complexity index is 427. The number of nitrogens with one attached hydrogen (secondary N) is 1. The molecule has 0 unspecified atom stereocenters. The molecule has 0 spiro atoms. The summed E-state index contributed by atoms with van der Waals surface area (Å²) < 4.78 is 23.1. The molecule has 0 saturated heterocycles. The highest BCUT2D eigenvalue weighted by Gasteiger charge is 2.51. The number of carboxylic acid groups (broad SMARTS) is 1. The molecule has 0 radical (unpaired) electrons. The number of hydrogen-bond donors (Lipinski definition) is 2. The summed E-state index contributed by atoms with van der Waals surface area (Å²) in [4.78, 5) is 22.2. The highest BCUT2D eigenvalue weighted by molar-refractivity contribution is 7.88.